The maximum atomic E-state index is 13.5. The number of unbranched alkanes of at least 4 members (excludes halogenated alkanes) is 14. The molecule has 1 aromatic rings. The molecule has 31 nitrogen and oxygen atoms in total. The average Bonchev–Trinajstić information content (AvgIpc) is 1.42. The van der Waals surface area contributed by atoms with Crippen LogP contribution in [0.1, 0.15) is 238 Å². The van der Waals surface area contributed by atoms with E-state index in [0.717, 1.165) is 51.4 Å². The van der Waals surface area contributed by atoms with Crippen molar-refractivity contribution < 1.29 is 112 Å². The maximum Gasteiger partial charge on any atom is 0.326 e. The number of hydrogen-bond donors (Lipinski definition) is 12. The van der Waals surface area contributed by atoms with Crippen molar-refractivity contribution in [2.45, 2.75) is 263 Å². The molecule has 0 aliphatic heterocycles. The van der Waals surface area contributed by atoms with Crippen molar-refractivity contribution in [2.75, 3.05) is 65.9 Å². The quantitative estimate of drug-likeness (QED) is 0.0366. The van der Waals surface area contributed by atoms with E-state index < -0.39 is 120 Å². The number of imidazole rings is 1. The van der Waals surface area contributed by atoms with Gasteiger partial charge in [0, 0.05) is 114 Å². The second kappa shape index (κ2) is 56.9. The SMILES string of the molecule is C[C@@H](O)[C@H](CCC(=O)[C@H](CCCCNC(=O)CC[C@H](NC(=O)CC[C@H](CC(=O)COCCOCCNC(=O)COCCOCCCC(=O)CC[C@H](NC(=O)CCCCCCCCCCCCCCCCC(=O)O)C(=O)O)C(=O)O)C(=O)O)CCC(=O)C(C)(C)CC(=O)[C@@H](N)Cc1cnc[nH]1)C(N)=O. The van der Waals surface area contributed by atoms with E-state index in [9.17, 15) is 87.5 Å². The van der Waals surface area contributed by atoms with E-state index in [4.69, 9.17) is 35.5 Å². The van der Waals surface area contributed by atoms with Gasteiger partial charge in [0.05, 0.1) is 63.3 Å². The lowest BCUT2D eigenvalue weighted by Gasteiger charge is -2.25. The van der Waals surface area contributed by atoms with Gasteiger partial charge in [0.1, 0.15) is 42.6 Å². The number of nitrogens with zero attached hydrogens (tertiary/aromatic N) is 1. The number of aliphatic hydroxyl groups excluding tert-OH is 1. The number of aromatic amines is 1. The molecule has 0 aliphatic carbocycles. The van der Waals surface area contributed by atoms with Crippen LogP contribution in [0.3, 0.4) is 0 Å². The Morgan fingerprint density at radius 1 is 0.495 bits per heavy atom. The van der Waals surface area contributed by atoms with Crippen molar-refractivity contribution in [3.05, 3.63) is 18.2 Å². The third-order valence-electron chi connectivity index (χ3n) is 17.7. The van der Waals surface area contributed by atoms with Crippen molar-refractivity contribution in [3.8, 4) is 0 Å². The number of primary amides is 1. The van der Waals surface area contributed by atoms with Crippen LogP contribution in [0.2, 0.25) is 0 Å². The molecule has 0 radical (unpaired) electrons. The van der Waals surface area contributed by atoms with Crippen molar-refractivity contribution in [2.24, 2.45) is 34.6 Å². The van der Waals surface area contributed by atoms with Crippen LogP contribution in [0.5, 0.6) is 0 Å². The lowest BCUT2D eigenvalue weighted by Crippen LogP contribution is -2.42. The highest BCUT2D eigenvalue weighted by Gasteiger charge is 2.34. The molecule has 0 unspecified atom stereocenters. The average molecular weight is 1470 g/mol. The number of ether oxygens (including phenoxy) is 4. The number of hydrogen-bond acceptors (Lipinski definition) is 21. The van der Waals surface area contributed by atoms with Crippen LogP contribution in [0, 0.1) is 23.2 Å². The number of nitrogens with two attached hydrogens (primary N) is 2. The van der Waals surface area contributed by atoms with Crippen LogP contribution in [-0.2, 0) is 92.5 Å². The van der Waals surface area contributed by atoms with Crippen LogP contribution < -0.4 is 32.7 Å². The zero-order chi connectivity index (χ0) is 76.8. The van der Waals surface area contributed by atoms with E-state index in [2.05, 4.69) is 31.2 Å². The minimum absolute atomic E-state index is 0.00413. The third-order valence-corrected chi connectivity index (χ3v) is 17.7. The number of Topliss-reactive ketones (excluding diaryl/α,β-unsaturated/α-hetero) is 5. The molecular weight excluding hydrogens is 1340 g/mol. The van der Waals surface area contributed by atoms with Gasteiger partial charge in [0.15, 0.2) is 11.6 Å². The number of carboxylic acid groups (broad SMARTS) is 4. The fourth-order valence-electron chi connectivity index (χ4n) is 11.3. The highest BCUT2D eigenvalue weighted by atomic mass is 16.5. The molecule has 0 saturated carbocycles. The minimum Gasteiger partial charge on any atom is -0.481 e. The number of H-pyrrole nitrogens is 1. The van der Waals surface area contributed by atoms with Crippen LogP contribution in [0.4, 0.5) is 0 Å². The highest BCUT2D eigenvalue weighted by Crippen LogP contribution is 2.29. The van der Waals surface area contributed by atoms with Gasteiger partial charge >= 0.3 is 23.9 Å². The number of rotatable bonds is 70. The summed E-state index contributed by atoms with van der Waals surface area (Å²) >= 11 is 0. The molecule has 586 valence electrons. The van der Waals surface area contributed by atoms with Crippen LogP contribution in [0.25, 0.3) is 0 Å². The molecule has 0 fully saturated rings. The fraction of sp³-hybridized carbons (Fsp3) is 0.764. The molecule has 14 N–H and O–H groups in total. The molecule has 1 aromatic heterocycles. The number of carbonyl (C=O) groups is 14. The second-order valence-electron chi connectivity index (χ2n) is 27.1. The normalized spacial score (nSPS) is 13.5. The molecule has 7 atom stereocenters. The van der Waals surface area contributed by atoms with Gasteiger partial charge in [-0.25, -0.2) is 14.6 Å². The monoisotopic (exact) mass is 1460 g/mol. The summed E-state index contributed by atoms with van der Waals surface area (Å²) in [5.41, 5.74) is 11.1. The Balaban J connectivity index is 2.27. The van der Waals surface area contributed by atoms with E-state index in [0.29, 0.717) is 37.8 Å². The number of aliphatic carboxylic acids is 4. The first kappa shape index (κ1) is 93.6. The Morgan fingerprint density at radius 2 is 1.02 bits per heavy atom. The molecule has 103 heavy (non-hydrogen) atoms. The Kier molecular flexibility index (Phi) is 51.7. The van der Waals surface area contributed by atoms with Gasteiger partial charge in [-0.2, -0.15) is 0 Å². The van der Waals surface area contributed by atoms with Crippen molar-refractivity contribution in [1.82, 2.24) is 31.2 Å². The first-order chi connectivity index (χ1) is 49.0. The van der Waals surface area contributed by atoms with E-state index >= 15 is 0 Å². The van der Waals surface area contributed by atoms with Crippen molar-refractivity contribution in [1.29, 1.82) is 0 Å². The van der Waals surface area contributed by atoms with Crippen molar-refractivity contribution >= 4 is 82.3 Å². The summed E-state index contributed by atoms with van der Waals surface area (Å²) in [6, 6.07) is -3.52. The molecular formula is C72H120N8O23. The van der Waals surface area contributed by atoms with E-state index in [-0.39, 0.29) is 178 Å². The summed E-state index contributed by atoms with van der Waals surface area (Å²) in [7, 11) is 0. The lowest BCUT2D eigenvalue weighted by molar-refractivity contribution is -0.145. The van der Waals surface area contributed by atoms with Crippen LogP contribution in [-0.4, -0.2) is 208 Å². The van der Waals surface area contributed by atoms with Gasteiger partial charge in [-0.05, 0) is 71.1 Å². The fourth-order valence-corrected chi connectivity index (χ4v) is 11.3. The van der Waals surface area contributed by atoms with Gasteiger partial charge < -0.3 is 82.2 Å². The molecule has 1 rings (SSSR count). The smallest absolute Gasteiger partial charge is 0.326 e. The molecule has 0 bridgehead atoms. The Labute approximate surface area is 605 Å². The minimum atomic E-state index is -1.50. The second-order valence-corrected chi connectivity index (χ2v) is 27.1. The van der Waals surface area contributed by atoms with E-state index in [1.54, 1.807) is 20.0 Å². The highest BCUT2D eigenvalue weighted by molar-refractivity contribution is 5.93. The van der Waals surface area contributed by atoms with Gasteiger partial charge in [0.2, 0.25) is 29.5 Å². The van der Waals surface area contributed by atoms with Gasteiger partial charge in [0.25, 0.3) is 0 Å². The maximum absolute atomic E-state index is 13.5. The zero-order valence-electron chi connectivity index (χ0n) is 61.0. The number of aromatic nitrogens is 2. The Hall–Kier alpha value is -7.45. The van der Waals surface area contributed by atoms with E-state index in [1.807, 2.05) is 0 Å². The first-order valence-corrected chi connectivity index (χ1v) is 36.7. The molecule has 5 amide bonds. The van der Waals surface area contributed by atoms with Gasteiger partial charge in [-0.3, -0.25) is 57.5 Å². The summed E-state index contributed by atoms with van der Waals surface area (Å²) in [4.78, 5) is 180. The Bertz CT molecular complexity index is 2710. The molecule has 0 aromatic carbocycles. The Morgan fingerprint density at radius 3 is 1.57 bits per heavy atom. The summed E-state index contributed by atoms with van der Waals surface area (Å²) in [5, 5.41) is 58.0. The predicted molar refractivity (Wildman–Crippen MR) is 376 cm³/mol. The standard InChI is InChI=1S/C72H120N8O23/c1-50(81)56(68(74)93)28-31-60(84)51(25-32-62(86)72(2,3)45-61(85)57(73)44-53-46-75-49-78-53)21-18-19-35-76-63(87)34-30-59(71(98)99)80-65(89)33-26-52(69(94)95)43-55(83)47-102-41-40-101-38-36-77-66(90)48-103-42-39-100-37-20-22-54(82)27-29-58(70(96)97)79-64(88)23-16-14-12-10-8-6-4-5-7-9-11-13-15-17-24-67(91)92/h46,49-52,56-59,81H,4-45,47-48,73H2,1-3H3,(H2,74,93)(H,75,78)(H,76,87)(H,77,90)(H,79,88)(H,80,89)(H,91,92)(H,94,95)(H,96,97)(H,98,99)/t50-,51-,52-,56+,57+,58+,59+/m1/s1. The number of carbonyl (C=O) groups excluding carboxylic acids is 10. The summed E-state index contributed by atoms with van der Waals surface area (Å²) < 4.78 is 21.5. The van der Waals surface area contributed by atoms with Crippen LogP contribution in [0.15, 0.2) is 12.5 Å². The third kappa shape index (κ3) is 49.0. The lowest BCUT2D eigenvalue weighted by atomic mass is 9.78. The molecule has 0 spiro atoms. The molecule has 0 aliphatic rings. The molecule has 1 heterocycles. The number of aliphatic hydroxyl groups is 1. The first-order valence-electron chi connectivity index (χ1n) is 36.7. The summed E-state index contributed by atoms with van der Waals surface area (Å²) in [6.07, 6.45) is 17.0. The molecule has 31 heteroatoms. The zero-order valence-corrected chi connectivity index (χ0v) is 61.0. The molecule has 0 saturated heterocycles. The number of amides is 5. The van der Waals surface area contributed by atoms with E-state index in [1.165, 1.54) is 45.4 Å². The summed E-state index contributed by atoms with van der Waals surface area (Å²) in [6.45, 7) is 4.83. The largest absolute Gasteiger partial charge is 0.481 e. The van der Waals surface area contributed by atoms with Crippen LogP contribution >= 0.6 is 0 Å². The van der Waals surface area contributed by atoms with Crippen molar-refractivity contribution in [3.63, 3.8) is 0 Å². The number of nitrogens with one attached hydrogen (secondary N) is 5. The van der Waals surface area contributed by atoms with Gasteiger partial charge in [-0.1, -0.05) is 97.3 Å². The number of carboxylic acids is 4. The summed E-state index contributed by atoms with van der Waals surface area (Å²) in [5.74, 6) is -12.0. The topological polar surface area (TPSA) is 506 Å². The number of ketones is 5. The van der Waals surface area contributed by atoms with Gasteiger partial charge in [-0.15, -0.1) is 0 Å². The predicted octanol–water partition coefficient (Wildman–Crippen LogP) is 5.35.